The molecule has 0 heteroatoms. The smallest absolute Gasteiger partial charge is 0.0312 e. The highest BCUT2D eigenvalue weighted by Gasteiger charge is 2.82. The molecule has 14 heavy (non-hydrogen) atoms. The molecule has 0 saturated heterocycles. The van der Waals surface area contributed by atoms with Crippen molar-refractivity contribution in [1.29, 1.82) is 0 Å². The van der Waals surface area contributed by atoms with E-state index in [9.17, 15) is 0 Å². The first kappa shape index (κ1) is 6.55. The van der Waals surface area contributed by atoms with E-state index >= 15 is 0 Å². The molecule has 6 saturated carbocycles. The van der Waals surface area contributed by atoms with Gasteiger partial charge in [0.1, 0.15) is 0 Å². The fourth-order valence-electron chi connectivity index (χ4n) is 7.28. The van der Waals surface area contributed by atoms with Crippen LogP contribution in [0.15, 0.2) is 0 Å². The monoisotopic (exact) mass is 186 g/mol. The van der Waals surface area contributed by atoms with Gasteiger partial charge in [-0.2, -0.15) is 0 Å². The Labute approximate surface area is 85.4 Å². The molecule has 0 aromatic rings. The molecule has 0 bridgehead atoms. The summed E-state index contributed by atoms with van der Waals surface area (Å²) in [5, 5.41) is 0. The minimum absolute atomic E-state index is 1.27. The Kier molecular flexibility index (Phi) is 0.758. The normalized spacial score (nSPS) is 84.0. The number of fused-ring (bicyclic) bond motifs is 13. The van der Waals surface area contributed by atoms with E-state index in [1.54, 1.807) is 25.7 Å². The van der Waals surface area contributed by atoms with E-state index in [0.29, 0.717) is 0 Å². The number of hydrogen-bond donors (Lipinski definition) is 0. The van der Waals surface area contributed by atoms with Crippen molar-refractivity contribution < 1.29 is 0 Å². The van der Waals surface area contributed by atoms with E-state index in [4.69, 9.17) is 0 Å². The summed E-state index contributed by atoms with van der Waals surface area (Å²) >= 11 is 0. The van der Waals surface area contributed by atoms with Gasteiger partial charge in [-0.25, -0.2) is 0 Å². The lowest BCUT2D eigenvalue weighted by molar-refractivity contribution is -0.408. The molecule has 9 unspecified atom stereocenters. The Bertz CT molecular complexity index is 280. The van der Waals surface area contributed by atoms with Crippen LogP contribution in [0, 0.1) is 59.2 Å². The summed E-state index contributed by atoms with van der Waals surface area (Å²) in [5.74, 6) is 12.8. The van der Waals surface area contributed by atoms with Crippen molar-refractivity contribution in [3.63, 3.8) is 0 Å². The van der Waals surface area contributed by atoms with Crippen molar-refractivity contribution in [2.45, 2.75) is 25.7 Å². The molecular formula is C14H18. The number of rotatable bonds is 0. The third kappa shape index (κ3) is 0.378. The Morgan fingerprint density at radius 3 is 0.857 bits per heavy atom. The van der Waals surface area contributed by atoms with Crippen LogP contribution in [0.5, 0.6) is 0 Å². The van der Waals surface area contributed by atoms with Crippen LogP contribution in [0.25, 0.3) is 0 Å². The predicted octanol–water partition coefficient (Wildman–Crippen LogP) is 2.79. The van der Waals surface area contributed by atoms with Gasteiger partial charge in [0.05, 0.1) is 0 Å². The van der Waals surface area contributed by atoms with Crippen molar-refractivity contribution in [1.82, 2.24) is 0 Å². The van der Waals surface area contributed by atoms with Crippen molar-refractivity contribution >= 4 is 0 Å². The molecule has 6 aliphatic carbocycles. The second kappa shape index (κ2) is 1.62. The second-order valence-corrected chi connectivity index (χ2v) is 7.27. The first-order valence-electron chi connectivity index (χ1n) is 6.97. The lowest BCUT2D eigenvalue weighted by Crippen LogP contribution is -2.84. The first-order valence-corrected chi connectivity index (χ1v) is 6.97. The molecule has 0 aromatic carbocycles. The molecule has 0 amide bonds. The van der Waals surface area contributed by atoms with Crippen LogP contribution in [0.2, 0.25) is 0 Å². The largest absolute Gasteiger partial charge is 0.0496 e. The third-order valence-electron chi connectivity index (χ3n) is 7.86. The molecule has 0 nitrogen and oxygen atoms in total. The maximum atomic E-state index is 1.63. The second-order valence-electron chi connectivity index (χ2n) is 7.27. The van der Waals surface area contributed by atoms with Crippen LogP contribution in [0.4, 0.5) is 0 Å². The zero-order valence-electron chi connectivity index (χ0n) is 8.60. The van der Waals surface area contributed by atoms with Gasteiger partial charge in [-0.15, -0.1) is 0 Å². The van der Waals surface area contributed by atoms with Crippen LogP contribution in [-0.2, 0) is 0 Å². The maximum absolute atomic E-state index is 1.63. The van der Waals surface area contributed by atoms with Gasteiger partial charge in [-0.05, 0) is 84.9 Å². The molecule has 10 atom stereocenters. The Morgan fingerprint density at radius 1 is 0.357 bits per heavy atom. The topological polar surface area (TPSA) is 0 Å². The van der Waals surface area contributed by atoms with Crippen LogP contribution < -0.4 is 0 Å². The molecular weight excluding hydrogens is 168 g/mol. The quantitative estimate of drug-likeness (QED) is 0.510. The van der Waals surface area contributed by atoms with Crippen LogP contribution >= 0.6 is 0 Å². The van der Waals surface area contributed by atoms with Gasteiger partial charge < -0.3 is 0 Å². The summed E-state index contributed by atoms with van der Waals surface area (Å²) in [7, 11) is 0. The lowest BCUT2D eigenvalue weighted by atomic mass is 9.17. The summed E-state index contributed by atoms with van der Waals surface area (Å²) in [6.45, 7) is 0. The van der Waals surface area contributed by atoms with Gasteiger partial charge in [0, 0.05) is 0 Å². The molecule has 6 fully saturated rings. The van der Waals surface area contributed by atoms with Gasteiger partial charge in [-0.3, -0.25) is 0 Å². The Morgan fingerprint density at radius 2 is 0.643 bits per heavy atom. The van der Waals surface area contributed by atoms with E-state index in [2.05, 4.69) is 0 Å². The Balaban J connectivity index is 1.39. The molecule has 74 valence electrons. The zero-order chi connectivity index (χ0) is 8.60. The predicted molar refractivity (Wildman–Crippen MR) is 53.4 cm³/mol. The van der Waals surface area contributed by atoms with Gasteiger partial charge in [0.25, 0.3) is 0 Å². The SMILES string of the molecule is C1CC2C1C1C2C2C1C1C3CCC3[C@H]12. The first-order chi connectivity index (χ1) is 6.97. The average molecular weight is 186 g/mol. The maximum Gasteiger partial charge on any atom is -0.0312 e. The zero-order valence-corrected chi connectivity index (χ0v) is 8.60. The van der Waals surface area contributed by atoms with Crippen molar-refractivity contribution in [2.75, 3.05) is 0 Å². The molecule has 0 aromatic heterocycles. The average Bonchev–Trinajstić information content (AvgIpc) is 2.10. The highest BCUT2D eigenvalue weighted by atomic mass is 14.9. The van der Waals surface area contributed by atoms with Gasteiger partial charge in [-0.1, -0.05) is 0 Å². The van der Waals surface area contributed by atoms with Crippen LogP contribution in [0.1, 0.15) is 25.7 Å². The van der Waals surface area contributed by atoms with E-state index < -0.39 is 0 Å². The summed E-state index contributed by atoms with van der Waals surface area (Å²) in [4.78, 5) is 0. The fourth-order valence-corrected chi connectivity index (χ4v) is 7.28. The minimum atomic E-state index is 1.27. The van der Waals surface area contributed by atoms with Crippen molar-refractivity contribution in [3.05, 3.63) is 0 Å². The molecule has 0 N–H and O–H groups in total. The van der Waals surface area contributed by atoms with Crippen LogP contribution in [0.3, 0.4) is 0 Å². The highest BCUT2D eigenvalue weighted by Crippen LogP contribution is 2.87. The van der Waals surface area contributed by atoms with E-state index in [-0.39, 0.29) is 0 Å². The molecule has 0 heterocycles. The summed E-state index contributed by atoms with van der Waals surface area (Å²) in [6, 6.07) is 0. The number of hydrogen-bond acceptors (Lipinski definition) is 0. The molecule has 0 aliphatic heterocycles. The van der Waals surface area contributed by atoms with Gasteiger partial charge in [0.2, 0.25) is 0 Å². The van der Waals surface area contributed by atoms with E-state index in [0.717, 1.165) is 0 Å². The Hall–Kier alpha value is 0. The lowest BCUT2D eigenvalue weighted by Gasteiger charge is -2.88. The minimum Gasteiger partial charge on any atom is -0.0496 e. The van der Waals surface area contributed by atoms with Crippen molar-refractivity contribution in [3.8, 4) is 0 Å². The van der Waals surface area contributed by atoms with Gasteiger partial charge in [0.15, 0.2) is 0 Å². The molecule has 0 radical (unpaired) electrons. The standard InChI is InChI=1S/C14H18/c1-2-6-5(1)9-10(6)14-12-8-4-3-7(8)11(12)13(9)14/h5-14H,1-4H2/t5?,6?,7?,8?,9-,10?,11?,12?,13?,14?/m1/s1. The summed E-state index contributed by atoms with van der Waals surface area (Å²) < 4.78 is 0. The molecule has 0 spiro atoms. The van der Waals surface area contributed by atoms with E-state index in [1.165, 1.54) is 59.2 Å². The van der Waals surface area contributed by atoms with Gasteiger partial charge >= 0.3 is 0 Å². The highest BCUT2D eigenvalue weighted by molar-refractivity contribution is 5.30. The summed E-state index contributed by atoms with van der Waals surface area (Å²) in [6.07, 6.45) is 6.50. The molecule has 6 aliphatic rings. The van der Waals surface area contributed by atoms with Crippen LogP contribution in [-0.4, -0.2) is 0 Å². The van der Waals surface area contributed by atoms with E-state index in [1.807, 2.05) is 0 Å². The third-order valence-corrected chi connectivity index (χ3v) is 7.86. The summed E-state index contributed by atoms with van der Waals surface area (Å²) in [5.41, 5.74) is 0. The molecule has 6 rings (SSSR count). The van der Waals surface area contributed by atoms with Crippen molar-refractivity contribution in [2.24, 2.45) is 59.2 Å². The fraction of sp³-hybridized carbons (Fsp3) is 1.00.